The van der Waals surface area contributed by atoms with Gasteiger partial charge in [0.25, 0.3) is 0 Å². The van der Waals surface area contributed by atoms with Gasteiger partial charge in [-0.3, -0.25) is 0 Å². The lowest BCUT2D eigenvalue weighted by Gasteiger charge is -2.04. The van der Waals surface area contributed by atoms with Crippen molar-refractivity contribution in [2.75, 3.05) is 0 Å². The molecule has 2 aromatic rings. The van der Waals surface area contributed by atoms with Crippen molar-refractivity contribution in [3.8, 4) is 0 Å². The predicted octanol–water partition coefficient (Wildman–Crippen LogP) is 3.19. The van der Waals surface area contributed by atoms with Crippen molar-refractivity contribution in [1.29, 1.82) is 0 Å². The average molecular weight is 176 g/mol. The first kappa shape index (κ1) is 8.30. The van der Waals surface area contributed by atoms with Crippen LogP contribution in [0.25, 0.3) is 10.9 Å². The molecular weight excluding hydrogens is 165 g/mol. The third-order valence-electron chi connectivity index (χ3n) is 2.36. The fourth-order valence-electron chi connectivity index (χ4n) is 1.59. The van der Waals surface area contributed by atoms with E-state index in [0.717, 1.165) is 10.9 Å². The maximum atomic E-state index is 13.6. The van der Waals surface area contributed by atoms with Gasteiger partial charge in [0.05, 0.1) is 5.52 Å². The Morgan fingerprint density at radius 1 is 1.46 bits per heavy atom. The van der Waals surface area contributed by atoms with Crippen LogP contribution in [-0.4, -0.2) is 4.98 Å². The van der Waals surface area contributed by atoms with Gasteiger partial charge in [0.1, 0.15) is 5.82 Å². The second-order valence-corrected chi connectivity index (χ2v) is 3.14. The average Bonchev–Trinajstić information content (AvgIpc) is 2.59. The molecule has 1 heterocycles. The van der Waals surface area contributed by atoms with Crippen molar-refractivity contribution in [2.45, 2.75) is 13.8 Å². The summed E-state index contributed by atoms with van der Waals surface area (Å²) in [5.74, 6) is -0.127. The number of hydrogen-bond acceptors (Lipinski definition) is 0. The van der Waals surface area contributed by atoms with Gasteiger partial charge in [0, 0.05) is 17.1 Å². The molecule has 0 aliphatic carbocycles. The highest BCUT2D eigenvalue weighted by Crippen LogP contribution is 2.23. The second-order valence-electron chi connectivity index (χ2n) is 3.14. The molecule has 0 spiro atoms. The number of aryl methyl sites for hydroxylation is 1. The Kier molecular flexibility index (Phi) is 1.83. The van der Waals surface area contributed by atoms with E-state index in [1.54, 1.807) is 13.3 Å². The van der Waals surface area contributed by atoms with Crippen LogP contribution < -0.4 is 0 Å². The van der Waals surface area contributed by atoms with Crippen molar-refractivity contribution in [2.24, 2.45) is 0 Å². The summed E-state index contributed by atoms with van der Waals surface area (Å²) in [6.45, 7) is 3.64. The number of nitrogens with one attached hydrogen (secondary N) is 1. The lowest BCUT2D eigenvalue weighted by molar-refractivity contribution is 0.613. The number of fused-ring (bicyclic) bond motifs is 1. The number of aromatic amines is 1. The summed E-state index contributed by atoms with van der Waals surface area (Å²) >= 11 is 0. The van der Waals surface area contributed by atoms with Crippen LogP contribution in [0.5, 0.6) is 0 Å². The van der Waals surface area contributed by atoms with Crippen LogP contribution in [0.2, 0.25) is 0 Å². The van der Waals surface area contributed by atoms with Crippen LogP contribution in [0.4, 0.5) is 4.39 Å². The van der Waals surface area contributed by atoms with Gasteiger partial charge >= 0.3 is 0 Å². The monoisotopic (exact) mass is 176 g/mol. The number of rotatable bonds is 1. The zero-order valence-corrected chi connectivity index (χ0v) is 7.69. The summed E-state index contributed by atoms with van der Waals surface area (Å²) in [6.07, 6.45) is 3.62. The minimum Gasteiger partial charge on any atom is -0.361 e. The zero-order valence-electron chi connectivity index (χ0n) is 7.69. The van der Waals surface area contributed by atoms with Gasteiger partial charge in [-0.25, -0.2) is 4.39 Å². The molecule has 2 heteroatoms. The van der Waals surface area contributed by atoms with Crippen LogP contribution in [0.3, 0.4) is 0 Å². The van der Waals surface area contributed by atoms with E-state index >= 15 is 0 Å². The van der Waals surface area contributed by atoms with Gasteiger partial charge in [0.15, 0.2) is 0 Å². The number of benzene rings is 1. The molecule has 0 bridgehead atoms. The van der Waals surface area contributed by atoms with E-state index in [1.165, 1.54) is 0 Å². The molecule has 0 saturated heterocycles. The molecule has 1 radical (unpaired) electrons. The fourth-order valence-corrected chi connectivity index (χ4v) is 1.59. The first-order chi connectivity index (χ1) is 6.24. The van der Waals surface area contributed by atoms with Crippen molar-refractivity contribution in [3.05, 3.63) is 41.7 Å². The Morgan fingerprint density at radius 2 is 2.23 bits per heavy atom. The quantitative estimate of drug-likeness (QED) is 0.686. The maximum absolute atomic E-state index is 13.6. The second kappa shape index (κ2) is 2.87. The molecule has 0 aliphatic rings. The molecule has 0 amide bonds. The lowest BCUT2D eigenvalue weighted by atomic mass is 10.0. The Balaban J connectivity index is 2.83. The van der Waals surface area contributed by atoms with E-state index in [1.807, 2.05) is 25.3 Å². The Hall–Kier alpha value is -1.31. The molecular formula is C11H11FN. The van der Waals surface area contributed by atoms with E-state index in [4.69, 9.17) is 0 Å². The third kappa shape index (κ3) is 1.13. The summed E-state index contributed by atoms with van der Waals surface area (Å²) in [7, 11) is 0. The lowest BCUT2D eigenvalue weighted by Crippen LogP contribution is -1.91. The predicted molar refractivity (Wildman–Crippen MR) is 52.1 cm³/mol. The van der Waals surface area contributed by atoms with Gasteiger partial charge in [-0.15, -0.1) is 0 Å². The standard InChI is InChI=1S/C11H11FN/c1-3-8-6-9-4-5-13-11(9)7(2)10(8)12/h3-6,13H,1-2H3. The molecule has 0 unspecified atom stereocenters. The van der Waals surface area contributed by atoms with E-state index in [2.05, 4.69) is 4.98 Å². The number of hydrogen-bond donors (Lipinski definition) is 1. The first-order valence-corrected chi connectivity index (χ1v) is 4.29. The van der Waals surface area contributed by atoms with Crippen molar-refractivity contribution >= 4 is 10.9 Å². The minimum atomic E-state index is -0.127. The van der Waals surface area contributed by atoms with E-state index < -0.39 is 0 Å². The fraction of sp³-hybridized carbons (Fsp3) is 0.182. The smallest absolute Gasteiger partial charge is 0.131 e. The van der Waals surface area contributed by atoms with Gasteiger partial charge in [0.2, 0.25) is 0 Å². The Labute approximate surface area is 76.6 Å². The SMILES string of the molecule is C[CH]c1cc2cc[nH]c2c(C)c1F. The highest BCUT2D eigenvalue weighted by atomic mass is 19.1. The third-order valence-corrected chi connectivity index (χ3v) is 2.36. The molecule has 1 aromatic carbocycles. The van der Waals surface area contributed by atoms with Gasteiger partial charge in [-0.1, -0.05) is 6.92 Å². The summed E-state index contributed by atoms with van der Waals surface area (Å²) in [4.78, 5) is 3.03. The minimum absolute atomic E-state index is 0.127. The molecule has 13 heavy (non-hydrogen) atoms. The highest BCUT2D eigenvalue weighted by molar-refractivity contribution is 5.83. The largest absolute Gasteiger partial charge is 0.361 e. The molecule has 1 N–H and O–H groups in total. The van der Waals surface area contributed by atoms with Crippen LogP contribution in [0.1, 0.15) is 18.1 Å². The topological polar surface area (TPSA) is 15.8 Å². The molecule has 1 nitrogen and oxygen atoms in total. The van der Waals surface area contributed by atoms with E-state index in [0.29, 0.717) is 11.1 Å². The van der Waals surface area contributed by atoms with Gasteiger partial charge < -0.3 is 4.98 Å². The summed E-state index contributed by atoms with van der Waals surface area (Å²) < 4.78 is 13.6. The number of H-pyrrole nitrogens is 1. The normalized spacial score (nSPS) is 11.0. The van der Waals surface area contributed by atoms with Crippen LogP contribution in [-0.2, 0) is 0 Å². The number of halogens is 1. The molecule has 2 rings (SSSR count). The van der Waals surface area contributed by atoms with Crippen LogP contribution >= 0.6 is 0 Å². The summed E-state index contributed by atoms with van der Waals surface area (Å²) in [5, 5.41) is 1.06. The molecule has 0 atom stereocenters. The van der Waals surface area contributed by atoms with Crippen LogP contribution in [0, 0.1) is 19.2 Å². The molecule has 1 aromatic heterocycles. The van der Waals surface area contributed by atoms with Gasteiger partial charge in [-0.05, 0) is 31.0 Å². The maximum Gasteiger partial charge on any atom is 0.131 e. The summed E-state index contributed by atoms with van der Waals surface area (Å²) in [5.41, 5.74) is 2.25. The number of aromatic nitrogens is 1. The van der Waals surface area contributed by atoms with E-state index in [9.17, 15) is 4.39 Å². The highest BCUT2D eigenvalue weighted by Gasteiger charge is 2.08. The molecule has 67 valence electrons. The van der Waals surface area contributed by atoms with E-state index in [-0.39, 0.29) is 5.82 Å². The van der Waals surface area contributed by atoms with Crippen LogP contribution in [0.15, 0.2) is 18.3 Å². The summed E-state index contributed by atoms with van der Waals surface area (Å²) in [6, 6.07) is 3.81. The molecule has 0 aliphatic heterocycles. The van der Waals surface area contributed by atoms with Crippen molar-refractivity contribution in [3.63, 3.8) is 0 Å². The molecule has 0 saturated carbocycles. The van der Waals surface area contributed by atoms with Gasteiger partial charge in [-0.2, -0.15) is 0 Å². The first-order valence-electron chi connectivity index (χ1n) is 4.29. The Morgan fingerprint density at radius 3 is 2.92 bits per heavy atom. The zero-order chi connectivity index (χ0) is 9.42. The van der Waals surface area contributed by atoms with Crippen molar-refractivity contribution in [1.82, 2.24) is 4.98 Å². The van der Waals surface area contributed by atoms with Crippen molar-refractivity contribution < 1.29 is 4.39 Å². The molecule has 0 fully saturated rings. The Bertz CT molecular complexity index is 443.